The maximum absolute atomic E-state index is 7.80. The van der Waals surface area contributed by atoms with Gasteiger partial charge in [-0.25, -0.2) is 4.85 Å². The average Bonchev–Trinajstić information content (AvgIpc) is 1.62. The van der Waals surface area contributed by atoms with Gasteiger partial charge in [-0.15, -0.1) is 0 Å². The molecule has 0 amide bonds. The van der Waals surface area contributed by atoms with Gasteiger partial charge in [0.15, 0.2) is 5.69 Å². The average molecular weight is 1160 g/mol. The zero-order valence-electron chi connectivity index (χ0n) is 50.1. The molecule has 0 saturated heterocycles. The summed E-state index contributed by atoms with van der Waals surface area (Å²) < 4.78 is 19.6. The molecular formula is C83H53BN6O. The fourth-order valence-electron chi connectivity index (χ4n) is 16.0. The van der Waals surface area contributed by atoms with E-state index >= 15 is 0 Å². The Balaban J connectivity index is 0.874. The van der Waals surface area contributed by atoms with Crippen molar-refractivity contribution in [2.75, 3.05) is 0 Å². The minimum absolute atomic E-state index is 0.114. The molecule has 0 atom stereocenters. The number of hydrogen-bond acceptors (Lipinski definition) is 1. The van der Waals surface area contributed by atoms with Gasteiger partial charge in [0, 0.05) is 87.8 Å². The summed E-state index contributed by atoms with van der Waals surface area (Å²) in [6.07, 6.45) is 0. The van der Waals surface area contributed by atoms with Gasteiger partial charge in [0.2, 0.25) is 0 Å². The molecule has 424 valence electrons. The number of nitrogens with zero attached hydrogens (tertiary/aromatic N) is 6. The lowest BCUT2D eigenvalue weighted by Gasteiger charge is -2.35. The molecule has 0 fully saturated rings. The van der Waals surface area contributed by atoms with Crippen molar-refractivity contribution in [3.05, 3.63) is 284 Å². The topological polar surface area (TPSA) is 38.2 Å². The zero-order chi connectivity index (χ0) is 60.1. The van der Waals surface area contributed by atoms with E-state index in [0.29, 0.717) is 5.69 Å². The summed E-state index contributed by atoms with van der Waals surface area (Å²) >= 11 is 0. The summed E-state index contributed by atoms with van der Waals surface area (Å²) in [5.41, 5.74) is 24.5. The van der Waals surface area contributed by atoms with Gasteiger partial charge in [-0.05, 0) is 160 Å². The lowest BCUT2D eigenvalue weighted by atomic mass is 9.34. The minimum atomic E-state index is -0.176. The van der Waals surface area contributed by atoms with Crippen molar-refractivity contribution in [1.82, 2.24) is 22.8 Å². The summed E-state index contributed by atoms with van der Waals surface area (Å²) in [7, 11) is 0. The molecule has 0 bridgehead atoms. The number of ether oxygens (including phenoxy) is 1. The van der Waals surface area contributed by atoms with Gasteiger partial charge in [0.1, 0.15) is 11.5 Å². The maximum Gasteiger partial charge on any atom is 0.256 e. The minimum Gasteiger partial charge on any atom is -0.458 e. The summed E-state index contributed by atoms with van der Waals surface area (Å²) in [6, 6.07) is 98.5. The third-order valence-electron chi connectivity index (χ3n) is 20.1. The maximum atomic E-state index is 7.80. The zero-order valence-corrected chi connectivity index (χ0v) is 50.1. The van der Waals surface area contributed by atoms with Crippen LogP contribution in [0.15, 0.2) is 267 Å². The van der Waals surface area contributed by atoms with E-state index in [9.17, 15) is 0 Å². The van der Waals surface area contributed by atoms with Gasteiger partial charge in [0.25, 0.3) is 6.71 Å². The molecule has 0 unspecified atom stereocenters. The summed E-state index contributed by atoms with van der Waals surface area (Å²) in [4.78, 5) is 3.76. The van der Waals surface area contributed by atoms with Crippen molar-refractivity contribution < 1.29 is 4.74 Å². The Labute approximate surface area is 523 Å². The Hall–Kier alpha value is -11.8. The van der Waals surface area contributed by atoms with Crippen LogP contribution in [-0.4, -0.2) is 29.5 Å². The van der Waals surface area contributed by atoms with Crippen LogP contribution in [0, 0.1) is 6.57 Å². The molecule has 0 radical (unpaired) electrons. The van der Waals surface area contributed by atoms with Crippen molar-refractivity contribution in [1.29, 1.82) is 0 Å². The van der Waals surface area contributed by atoms with Crippen LogP contribution < -0.4 is 21.1 Å². The molecule has 2 aliphatic heterocycles. The van der Waals surface area contributed by atoms with E-state index in [4.69, 9.17) is 11.3 Å². The highest BCUT2D eigenvalue weighted by Crippen LogP contribution is 2.45. The fourth-order valence-corrected chi connectivity index (χ4v) is 16.0. The first kappa shape index (κ1) is 50.2. The van der Waals surface area contributed by atoms with E-state index in [-0.39, 0.29) is 12.1 Å². The Morgan fingerprint density at radius 1 is 0.330 bits per heavy atom. The monoisotopic (exact) mass is 1160 g/mol. The highest BCUT2D eigenvalue weighted by molar-refractivity contribution is 6.99. The quantitative estimate of drug-likeness (QED) is 0.125. The third-order valence-corrected chi connectivity index (χ3v) is 20.1. The molecule has 0 N–H and O–H groups in total. The number of benzene rings is 13. The van der Waals surface area contributed by atoms with Crippen molar-refractivity contribution >= 4 is 138 Å². The van der Waals surface area contributed by atoms with Crippen LogP contribution in [0.3, 0.4) is 0 Å². The van der Waals surface area contributed by atoms with E-state index in [1.54, 1.807) is 0 Å². The van der Waals surface area contributed by atoms with Crippen LogP contribution >= 0.6 is 0 Å². The molecule has 0 aliphatic carbocycles. The number of hydrogen-bond donors (Lipinski definition) is 0. The SMILES string of the molecule is [C-]#[N+]c1ccc(-c2cc3c4c(c2)-n2c5ccc(-n6c7ccccc7c7cc(-n8c9ccccc9c9ccccc98)ccc76)cc5c5cc(-n6c7ccccc7c7cc(-n8c9ccccc9c9ccccc98)ccc76)cc(c52)B4c2cc(C(C)(C)C)ccc2O3)cc1. The van der Waals surface area contributed by atoms with E-state index in [1.807, 2.05) is 12.1 Å². The second-order valence-electron chi connectivity index (χ2n) is 25.9. The van der Waals surface area contributed by atoms with Crippen LogP contribution in [0.2, 0.25) is 0 Å². The molecular weight excluding hydrogens is 1110 g/mol. The summed E-state index contributed by atoms with van der Waals surface area (Å²) in [6.45, 7) is 14.5. The normalized spacial score (nSPS) is 12.8. The fraction of sp³-hybridized carbons (Fsp3) is 0.0482. The van der Waals surface area contributed by atoms with Crippen molar-refractivity contribution in [2.24, 2.45) is 0 Å². The molecule has 7 nitrogen and oxygen atoms in total. The van der Waals surface area contributed by atoms with E-state index in [2.05, 4.69) is 303 Å². The third kappa shape index (κ3) is 6.92. The highest BCUT2D eigenvalue weighted by atomic mass is 16.5. The molecule has 20 rings (SSSR count). The van der Waals surface area contributed by atoms with Gasteiger partial charge in [-0.1, -0.05) is 166 Å². The van der Waals surface area contributed by atoms with Crippen molar-refractivity contribution in [2.45, 2.75) is 26.2 Å². The van der Waals surface area contributed by atoms with Crippen LogP contribution in [0.1, 0.15) is 26.3 Å². The van der Waals surface area contributed by atoms with Crippen molar-refractivity contribution in [3.63, 3.8) is 0 Å². The van der Waals surface area contributed by atoms with Gasteiger partial charge >= 0.3 is 0 Å². The molecule has 0 saturated carbocycles. The predicted octanol–water partition coefficient (Wildman–Crippen LogP) is 19.6. The van der Waals surface area contributed by atoms with Gasteiger partial charge in [0.05, 0.1) is 56.2 Å². The van der Waals surface area contributed by atoms with Crippen molar-refractivity contribution in [3.8, 4) is 51.1 Å². The highest BCUT2D eigenvalue weighted by Gasteiger charge is 2.42. The van der Waals surface area contributed by atoms with Crippen LogP contribution in [0.25, 0.3) is 153 Å². The summed E-state index contributed by atoms with van der Waals surface area (Å²) in [5, 5.41) is 12.1. The molecule has 5 aromatic heterocycles. The molecule has 7 heterocycles. The number of aromatic nitrogens is 5. The Morgan fingerprint density at radius 2 is 0.736 bits per heavy atom. The lowest BCUT2D eigenvalue weighted by molar-refractivity contribution is 0.486. The Kier molecular flexibility index (Phi) is 10.0. The molecule has 2 aliphatic rings. The smallest absolute Gasteiger partial charge is 0.256 e. The predicted molar refractivity (Wildman–Crippen MR) is 380 cm³/mol. The molecule has 0 spiro atoms. The number of fused-ring (bicyclic) bond motifs is 19. The lowest BCUT2D eigenvalue weighted by Crippen LogP contribution is -2.58. The van der Waals surface area contributed by atoms with Crippen LogP contribution in [-0.2, 0) is 5.41 Å². The molecule has 91 heavy (non-hydrogen) atoms. The molecule has 13 aromatic carbocycles. The number of rotatable bonds is 5. The Bertz CT molecular complexity index is 6200. The molecule has 18 aromatic rings. The van der Waals surface area contributed by atoms with Gasteiger partial charge in [-0.3, -0.25) is 0 Å². The van der Waals surface area contributed by atoms with Crippen LogP contribution in [0.4, 0.5) is 5.69 Å². The van der Waals surface area contributed by atoms with E-state index in [0.717, 1.165) is 95.0 Å². The standard InChI is InChI=1S/C83H53BN6O/c1-83(2,3)51-31-40-79-67(43-51)84-68-48-56(89-74-28-16-10-22-62(74)64-45-54(35-38-76(64)89)87-71-25-13-7-19-59(71)60-20-8-14-26-72(60)87)47-66-65-46-55(36-39-77(65)90(82(66)68)78-41-50(42-80(91-79)81(78)84)49-29-32-52(85-4)33-30-49)88-73-27-15-9-21-61(73)63-44-53(34-37-75(63)88)86-69-23-11-5-17-57(69)58-18-6-12-24-70(58)86/h5-48H,1-3H3. The second-order valence-corrected chi connectivity index (χ2v) is 25.9. The first-order chi connectivity index (χ1) is 44.7. The summed E-state index contributed by atoms with van der Waals surface area (Å²) in [5.74, 6) is 1.70. The first-order valence-electron chi connectivity index (χ1n) is 31.4. The Morgan fingerprint density at radius 3 is 1.20 bits per heavy atom. The van der Waals surface area contributed by atoms with Gasteiger partial charge in [-0.2, -0.15) is 0 Å². The van der Waals surface area contributed by atoms with E-state index in [1.165, 1.54) is 87.1 Å². The largest absolute Gasteiger partial charge is 0.458 e. The van der Waals surface area contributed by atoms with E-state index < -0.39 is 0 Å². The first-order valence-corrected chi connectivity index (χ1v) is 31.4. The van der Waals surface area contributed by atoms with Crippen LogP contribution in [0.5, 0.6) is 11.5 Å². The molecule has 8 heteroatoms. The van der Waals surface area contributed by atoms with Gasteiger partial charge < -0.3 is 27.6 Å². The number of para-hydroxylation sites is 6. The second kappa shape index (κ2) is 18.2.